The van der Waals surface area contributed by atoms with E-state index >= 15 is 0 Å². The van der Waals surface area contributed by atoms with Crippen LogP contribution in [0.25, 0.3) is 0 Å². The maximum atomic E-state index is 3.68. The largest absolute Gasteiger partial charge is 0.309 e. The van der Waals surface area contributed by atoms with Gasteiger partial charge >= 0.3 is 0 Å². The molecule has 88 valence electrons. The van der Waals surface area contributed by atoms with Crippen LogP contribution in [-0.2, 0) is 6.54 Å². The average molecular weight is 235 g/mol. The van der Waals surface area contributed by atoms with E-state index in [-0.39, 0.29) is 0 Å². The van der Waals surface area contributed by atoms with Crippen molar-refractivity contribution in [2.45, 2.75) is 39.8 Å². The first-order valence-corrected chi connectivity index (χ1v) is 7.20. The molecule has 0 bridgehead atoms. The summed E-state index contributed by atoms with van der Waals surface area (Å²) in [5, 5.41) is 3.68. The van der Waals surface area contributed by atoms with E-state index < -0.39 is 0 Å². The fraction of sp³-hybridized carbons (Fsp3) is 0.571. The average Bonchev–Trinajstić information content (AvgIpc) is 2.68. The molecule has 0 aromatic heterocycles. The molecule has 1 N–H and O–H groups in total. The van der Waals surface area contributed by atoms with Crippen LogP contribution in [0.4, 0.5) is 0 Å². The molecule has 0 radical (unpaired) electrons. The molecule has 1 unspecified atom stereocenters. The molecular weight excluding hydrogens is 214 g/mol. The molecule has 1 atom stereocenters. The van der Waals surface area contributed by atoms with Crippen LogP contribution >= 0.6 is 11.8 Å². The van der Waals surface area contributed by atoms with Crippen molar-refractivity contribution < 1.29 is 0 Å². The van der Waals surface area contributed by atoms with Crippen LogP contribution in [0.2, 0.25) is 0 Å². The van der Waals surface area contributed by atoms with Gasteiger partial charge in [-0.05, 0) is 49.6 Å². The van der Waals surface area contributed by atoms with Gasteiger partial charge in [-0.15, -0.1) is 0 Å². The Hall–Kier alpha value is -0.470. The maximum Gasteiger partial charge on any atom is 0.0213 e. The Morgan fingerprint density at radius 1 is 1.25 bits per heavy atom. The minimum absolute atomic E-state index is 0.727. The van der Waals surface area contributed by atoms with Crippen LogP contribution in [-0.4, -0.2) is 17.5 Å². The number of hydrogen-bond donors (Lipinski definition) is 1. The Morgan fingerprint density at radius 2 is 1.94 bits per heavy atom. The molecule has 1 aliphatic heterocycles. The second-order valence-corrected chi connectivity index (χ2v) is 5.97. The quantitative estimate of drug-likeness (QED) is 0.863. The molecule has 16 heavy (non-hydrogen) atoms. The predicted octanol–water partition coefficient (Wildman–Crippen LogP) is 3.21. The van der Waals surface area contributed by atoms with E-state index in [0.717, 1.165) is 12.6 Å². The summed E-state index contributed by atoms with van der Waals surface area (Å²) in [6, 6.07) is 5.30. The van der Waals surface area contributed by atoms with Gasteiger partial charge < -0.3 is 5.32 Å². The van der Waals surface area contributed by atoms with E-state index in [0.29, 0.717) is 0 Å². The summed E-state index contributed by atoms with van der Waals surface area (Å²) >= 11 is 2.07. The maximum absolute atomic E-state index is 3.68. The van der Waals surface area contributed by atoms with Crippen molar-refractivity contribution >= 4 is 11.8 Å². The molecule has 2 heteroatoms. The third-order valence-corrected chi connectivity index (χ3v) is 4.50. The summed E-state index contributed by atoms with van der Waals surface area (Å²) in [4.78, 5) is 0. The number of thioether (sulfide) groups is 1. The van der Waals surface area contributed by atoms with E-state index in [1.807, 2.05) is 0 Å². The van der Waals surface area contributed by atoms with Gasteiger partial charge in [0.25, 0.3) is 0 Å². The highest BCUT2D eigenvalue weighted by Crippen LogP contribution is 2.20. The van der Waals surface area contributed by atoms with Gasteiger partial charge in [-0.2, -0.15) is 11.8 Å². The van der Waals surface area contributed by atoms with Crippen LogP contribution < -0.4 is 5.32 Å². The molecule has 1 fully saturated rings. The van der Waals surface area contributed by atoms with E-state index in [1.54, 1.807) is 0 Å². The smallest absolute Gasteiger partial charge is 0.0213 e. The number of nitrogens with one attached hydrogen (secondary N) is 1. The zero-order chi connectivity index (χ0) is 11.5. The SMILES string of the molecule is Cc1cc(C)c(CNC2CCSC2)c(C)c1. The van der Waals surface area contributed by atoms with E-state index in [1.165, 1.54) is 40.2 Å². The number of benzene rings is 1. The Bertz CT molecular complexity index is 344. The lowest BCUT2D eigenvalue weighted by molar-refractivity contribution is 0.555. The molecule has 2 rings (SSSR count). The molecule has 1 saturated heterocycles. The lowest BCUT2D eigenvalue weighted by Crippen LogP contribution is -2.28. The van der Waals surface area contributed by atoms with Gasteiger partial charge in [0.1, 0.15) is 0 Å². The number of rotatable bonds is 3. The van der Waals surface area contributed by atoms with Gasteiger partial charge in [-0.1, -0.05) is 17.7 Å². The van der Waals surface area contributed by atoms with Crippen LogP contribution in [0, 0.1) is 20.8 Å². The Balaban J connectivity index is 2.03. The first-order chi connectivity index (χ1) is 7.66. The highest BCUT2D eigenvalue weighted by Gasteiger charge is 2.15. The zero-order valence-corrected chi connectivity index (χ0v) is 11.3. The minimum atomic E-state index is 0.727. The van der Waals surface area contributed by atoms with Crippen molar-refractivity contribution in [3.8, 4) is 0 Å². The van der Waals surface area contributed by atoms with Crippen molar-refractivity contribution in [1.82, 2.24) is 5.32 Å². The van der Waals surface area contributed by atoms with Gasteiger partial charge in [0.15, 0.2) is 0 Å². The van der Waals surface area contributed by atoms with Crippen molar-refractivity contribution in [2.75, 3.05) is 11.5 Å². The fourth-order valence-electron chi connectivity index (χ4n) is 2.43. The molecule has 1 nitrogen and oxygen atoms in total. The summed E-state index contributed by atoms with van der Waals surface area (Å²) in [5.41, 5.74) is 5.71. The van der Waals surface area contributed by atoms with Gasteiger partial charge in [0.05, 0.1) is 0 Å². The number of hydrogen-bond acceptors (Lipinski definition) is 2. The van der Waals surface area contributed by atoms with Gasteiger partial charge in [0, 0.05) is 18.3 Å². The first kappa shape index (κ1) is 12.0. The Labute approximate surface area is 103 Å². The monoisotopic (exact) mass is 235 g/mol. The summed E-state index contributed by atoms with van der Waals surface area (Å²) in [7, 11) is 0. The molecule has 0 saturated carbocycles. The molecule has 1 aliphatic rings. The van der Waals surface area contributed by atoms with Gasteiger partial charge in [-0.3, -0.25) is 0 Å². The van der Waals surface area contributed by atoms with E-state index in [9.17, 15) is 0 Å². The fourth-order valence-corrected chi connectivity index (χ4v) is 3.62. The molecule has 1 heterocycles. The van der Waals surface area contributed by atoms with E-state index in [2.05, 4.69) is 50.0 Å². The van der Waals surface area contributed by atoms with Crippen molar-refractivity contribution in [3.63, 3.8) is 0 Å². The van der Waals surface area contributed by atoms with Crippen LogP contribution in [0.3, 0.4) is 0 Å². The second-order valence-electron chi connectivity index (χ2n) is 4.82. The normalized spacial score (nSPS) is 20.3. The summed E-state index contributed by atoms with van der Waals surface area (Å²) in [6.45, 7) is 7.65. The molecular formula is C14H21NS. The standard InChI is InChI=1S/C14H21NS/c1-10-6-11(2)14(12(3)7-10)8-15-13-4-5-16-9-13/h6-7,13,15H,4-5,8-9H2,1-3H3. The second kappa shape index (κ2) is 5.24. The minimum Gasteiger partial charge on any atom is -0.309 e. The van der Waals surface area contributed by atoms with E-state index in [4.69, 9.17) is 0 Å². The lowest BCUT2D eigenvalue weighted by atomic mass is 9.99. The Kier molecular flexibility index (Phi) is 3.93. The molecule has 0 amide bonds. The first-order valence-electron chi connectivity index (χ1n) is 6.04. The lowest BCUT2D eigenvalue weighted by Gasteiger charge is -2.15. The highest BCUT2D eigenvalue weighted by atomic mass is 32.2. The third-order valence-electron chi connectivity index (χ3n) is 3.34. The summed E-state index contributed by atoms with van der Waals surface area (Å²) < 4.78 is 0. The van der Waals surface area contributed by atoms with Crippen molar-refractivity contribution in [1.29, 1.82) is 0 Å². The van der Waals surface area contributed by atoms with Crippen molar-refractivity contribution in [2.24, 2.45) is 0 Å². The third kappa shape index (κ3) is 2.80. The molecule has 1 aromatic carbocycles. The van der Waals surface area contributed by atoms with Crippen LogP contribution in [0.5, 0.6) is 0 Å². The zero-order valence-electron chi connectivity index (χ0n) is 10.5. The molecule has 0 aliphatic carbocycles. The van der Waals surface area contributed by atoms with Gasteiger partial charge in [0.2, 0.25) is 0 Å². The van der Waals surface area contributed by atoms with Crippen LogP contribution in [0.15, 0.2) is 12.1 Å². The van der Waals surface area contributed by atoms with Gasteiger partial charge in [-0.25, -0.2) is 0 Å². The summed E-state index contributed by atoms with van der Waals surface area (Å²) in [6.07, 6.45) is 1.33. The molecule has 1 aromatic rings. The number of aryl methyl sites for hydroxylation is 3. The predicted molar refractivity (Wildman–Crippen MR) is 73.2 cm³/mol. The topological polar surface area (TPSA) is 12.0 Å². The van der Waals surface area contributed by atoms with Crippen molar-refractivity contribution in [3.05, 3.63) is 34.4 Å². The highest BCUT2D eigenvalue weighted by molar-refractivity contribution is 7.99. The summed E-state index contributed by atoms with van der Waals surface area (Å²) in [5.74, 6) is 2.60. The molecule has 0 spiro atoms. The Morgan fingerprint density at radius 3 is 2.50 bits per heavy atom. The van der Waals surface area contributed by atoms with Crippen LogP contribution in [0.1, 0.15) is 28.7 Å².